The molecule has 1 atom stereocenters. The van der Waals surface area contributed by atoms with Crippen LogP contribution >= 0.6 is 11.3 Å². The summed E-state index contributed by atoms with van der Waals surface area (Å²) in [5.74, 6) is -3.24. The SMILES string of the molecule is N#CC(C(=O)c1cccs1)c1cc(F)cc(F)c1. The van der Waals surface area contributed by atoms with Gasteiger partial charge in [-0.1, -0.05) is 6.07 Å². The van der Waals surface area contributed by atoms with Crippen molar-refractivity contribution >= 4 is 17.1 Å². The highest BCUT2D eigenvalue weighted by Crippen LogP contribution is 2.24. The van der Waals surface area contributed by atoms with Crippen molar-refractivity contribution in [1.82, 2.24) is 0 Å². The van der Waals surface area contributed by atoms with E-state index in [-0.39, 0.29) is 5.56 Å². The summed E-state index contributed by atoms with van der Waals surface area (Å²) < 4.78 is 26.1. The zero-order valence-electron chi connectivity index (χ0n) is 9.06. The minimum atomic E-state index is -1.19. The van der Waals surface area contributed by atoms with Crippen molar-refractivity contribution in [2.75, 3.05) is 0 Å². The smallest absolute Gasteiger partial charge is 0.194 e. The van der Waals surface area contributed by atoms with Gasteiger partial charge in [0.1, 0.15) is 17.6 Å². The lowest BCUT2D eigenvalue weighted by molar-refractivity contribution is 0.0982. The van der Waals surface area contributed by atoms with Crippen LogP contribution in [-0.2, 0) is 0 Å². The summed E-state index contributed by atoms with van der Waals surface area (Å²) in [6.45, 7) is 0. The van der Waals surface area contributed by atoms with Crippen molar-refractivity contribution < 1.29 is 13.6 Å². The number of rotatable bonds is 3. The Hall–Kier alpha value is -2.06. The van der Waals surface area contributed by atoms with E-state index in [1.165, 1.54) is 11.3 Å². The normalized spacial score (nSPS) is 11.8. The van der Waals surface area contributed by atoms with Crippen molar-refractivity contribution in [3.63, 3.8) is 0 Å². The number of carbonyl (C=O) groups is 1. The summed E-state index contributed by atoms with van der Waals surface area (Å²) in [7, 11) is 0. The van der Waals surface area contributed by atoms with Gasteiger partial charge in [-0.2, -0.15) is 5.26 Å². The van der Waals surface area contributed by atoms with Gasteiger partial charge in [0.05, 0.1) is 10.9 Å². The molecule has 0 amide bonds. The molecule has 1 unspecified atom stereocenters. The van der Waals surface area contributed by atoms with E-state index in [4.69, 9.17) is 5.26 Å². The molecule has 1 aromatic carbocycles. The van der Waals surface area contributed by atoms with Crippen molar-refractivity contribution in [1.29, 1.82) is 5.26 Å². The molecule has 0 saturated heterocycles. The van der Waals surface area contributed by atoms with Crippen molar-refractivity contribution in [3.8, 4) is 6.07 Å². The number of nitriles is 1. The molecule has 0 aliphatic heterocycles. The average molecular weight is 263 g/mol. The molecule has 5 heteroatoms. The number of hydrogen-bond donors (Lipinski definition) is 0. The molecule has 2 aromatic rings. The fraction of sp³-hybridized carbons (Fsp3) is 0.0769. The Bertz CT molecular complexity index is 596. The molecule has 2 nitrogen and oxygen atoms in total. The molecule has 0 N–H and O–H groups in total. The van der Waals surface area contributed by atoms with Gasteiger partial charge in [-0.3, -0.25) is 4.79 Å². The van der Waals surface area contributed by atoms with Gasteiger partial charge in [0, 0.05) is 6.07 Å². The molecule has 1 aromatic heterocycles. The van der Waals surface area contributed by atoms with Crippen LogP contribution in [0.2, 0.25) is 0 Å². The molecule has 0 bridgehead atoms. The molecule has 0 radical (unpaired) electrons. The van der Waals surface area contributed by atoms with Gasteiger partial charge in [0.25, 0.3) is 0 Å². The van der Waals surface area contributed by atoms with Gasteiger partial charge >= 0.3 is 0 Å². The zero-order chi connectivity index (χ0) is 13.1. The van der Waals surface area contributed by atoms with E-state index in [0.717, 1.165) is 12.1 Å². The standard InChI is InChI=1S/C13H7F2NOS/c14-9-4-8(5-10(15)6-9)11(7-16)13(17)12-2-1-3-18-12/h1-6,11H. The van der Waals surface area contributed by atoms with Gasteiger partial charge in [-0.25, -0.2) is 8.78 Å². The molecular weight excluding hydrogens is 256 g/mol. The molecule has 1 heterocycles. The fourth-order valence-electron chi connectivity index (χ4n) is 1.59. The van der Waals surface area contributed by atoms with Gasteiger partial charge in [0.15, 0.2) is 5.78 Å². The fourth-order valence-corrected chi connectivity index (χ4v) is 2.28. The third kappa shape index (κ3) is 2.44. The molecule has 0 spiro atoms. The predicted molar refractivity (Wildman–Crippen MR) is 63.4 cm³/mol. The quantitative estimate of drug-likeness (QED) is 0.795. The second kappa shape index (κ2) is 5.07. The first kappa shape index (κ1) is 12.4. The molecule has 0 fully saturated rings. The van der Waals surface area contributed by atoms with Crippen LogP contribution in [0.1, 0.15) is 21.2 Å². The Balaban J connectivity index is 2.40. The van der Waals surface area contributed by atoms with E-state index in [1.54, 1.807) is 23.6 Å². The van der Waals surface area contributed by atoms with Crippen LogP contribution in [0.5, 0.6) is 0 Å². The first-order chi connectivity index (χ1) is 8.61. The first-order valence-corrected chi connectivity index (χ1v) is 5.93. The monoisotopic (exact) mass is 263 g/mol. The van der Waals surface area contributed by atoms with Gasteiger partial charge in [0.2, 0.25) is 0 Å². The summed E-state index contributed by atoms with van der Waals surface area (Å²) in [4.78, 5) is 12.4. The van der Waals surface area contributed by atoms with Crippen LogP contribution < -0.4 is 0 Å². The molecule has 18 heavy (non-hydrogen) atoms. The van der Waals surface area contributed by atoms with E-state index >= 15 is 0 Å². The number of thiophene rings is 1. The average Bonchev–Trinajstić information content (AvgIpc) is 2.81. The second-order valence-electron chi connectivity index (χ2n) is 3.61. The van der Waals surface area contributed by atoms with Gasteiger partial charge < -0.3 is 0 Å². The third-order valence-corrected chi connectivity index (χ3v) is 3.26. The van der Waals surface area contributed by atoms with E-state index < -0.39 is 23.3 Å². The van der Waals surface area contributed by atoms with Crippen LogP contribution in [0.15, 0.2) is 35.7 Å². The topological polar surface area (TPSA) is 40.9 Å². The Labute approximate surface area is 106 Å². The maximum atomic E-state index is 13.1. The number of Topliss-reactive ketones (excluding diaryl/α,β-unsaturated/α-hetero) is 1. The second-order valence-corrected chi connectivity index (χ2v) is 4.55. The van der Waals surface area contributed by atoms with Crippen LogP contribution in [0.4, 0.5) is 8.78 Å². The van der Waals surface area contributed by atoms with Crippen molar-refractivity contribution in [2.24, 2.45) is 0 Å². The number of carbonyl (C=O) groups excluding carboxylic acids is 1. The summed E-state index contributed by atoms with van der Waals surface area (Å²) in [6, 6.07) is 7.75. The summed E-state index contributed by atoms with van der Waals surface area (Å²) in [5, 5.41) is 10.7. The van der Waals surface area contributed by atoms with Crippen LogP contribution in [0, 0.1) is 23.0 Å². The summed E-state index contributed by atoms with van der Waals surface area (Å²) >= 11 is 1.19. The first-order valence-electron chi connectivity index (χ1n) is 5.05. The number of hydrogen-bond acceptors (Lipinski definition) is 3. The molecule has 90 valence electrons. The minimum absolute atomic E-state index is 0.0356. The van der Waals surface area contributed by atoms with E-state index in [9.17, 15) is 13.6 Å². The lowest BCUT2D eigenvalue weighted by Gasteiger charge is -2.07. The predicted octanol–water partition coefficient (Wildman–Crippen LogP) is 3.52. The third-order valence-electron chi connectivity index (χ3n) is 2.37. The molecular formula is C13H7F2NOS. The van der Waals surface area contributed by atoms with E-state index in [0.29, 0.717) is 10.9 Å². The maximum absolute atomic E-state index is 13.1. The summed E-state index contributed by atoms with van der Waals surface area (Å²) in [6.07, 6.45) is 0. The van der Waals surface area contributed by atoms with Crippen molar-refractivity contribution in [2.45, 2.75) is 5.92 Å². The zero-order valence-corrected chi connectivity index (χ0v) is 9.88. The van der Waals surface area contributed by atoms with Crippen LogP contribution in [-0.4, -0.2) is 5.78 Å². The Kier molecular flexibility index (Phi) is 3.49. The lowest BCUT2D eigenvalue weighted by Crippen LogP contribution is -2.10. The van der Waals surface area contributed by atoms with Crippen molar-refractivity contribution in [3.05, 3.63) is 57.8 Å². The molecule has 0 aliphatic carbocycles. The number of benzene rings is 1. The van der Waals surface area contributed by atoms with Gasteiger partial charge in [-0.05, 0) is 29.1 Å². The largest absolute Gasteiger partial charge is 0.291 e. The Morgan fingerprint density at radius 2 is 1.94 bits per heavy atom. The number of halogens is 2. The van der Waals surface area contributed by atoms with E-state index in [2.05, 4.69) is 0 Å². The highest BCUT2D eigenvalue weighted by molar-refractivity contribution is 7.12. The highest BCUT2D eigenvalue weighted by atomic mass is 32.1. The van der Waals surface area contributed by atoms with Crippen LogP contribution in [0.3, 0.4) is 0 Å². The lowest BCUT2D eigenvalue weighted by atomic mass is 9.95. The van der Waals surface area contributed by atoms with E-state index in [1.807, 2.05) is 0 Å². The summed E-state index contributed by atoms with van der Waals surface area (Å²) in [5.41, 5.74) is 0.0356. The highest BCUT2D eigenvalue weighted by Gasteiger charge is 2.23. The molecule has 2 rings (SSSR count). The Morgan fingerprint density at radius 1 is 1.28 bits per heavy atom. The number of nitrogens with zero attached hydrogens (tertiary/aromatic N) is 1. The Morgan fingerprint density at radius 3 is 2.44 bits per heavy atom. The maximum Gasteiger partial charge on any atom is 0.194 e. The molecule has 0 aliphatic rings. The van der Waals surface area contributed by atoms with Crippen LogP contribution in [0.25, 0.3) is 0 Å². The molecule has 0 saturated carbocycles. The number of ketones is 1. The minimum Gasteiger partial charge on any atom is -0.291 e. The van der Waals surface area contributed by atoms with Gasteiger partial charge in [-0.15, -0.1) is 11.3 Å².